The minimum absolute atomic E-state index is 0.520. The van der Waals surface area contributed by atoms with E-state index in [0.29, 0.717) is 37.1 Å². The fourth-order valence-corrected chi connectivity index (χ4v) is 4.00. The van der Waals surface area contributed by atoms with Crippen LogP contribution in [-0.2, 0) is 0 Å². The van der Waals surface area contributed by atoms with Gasteiger partial charge in [0.15, 0.2) is 0 Å². The van der Waals surface area contributed by atoms with E-state index in [1.165, 1.54) is 12.8 Å². The summed E-state index contributed by atoms with van der Waals surface area (Å²) >= 11 is 0. The van der Waals surface area contributed by atoms with E-state index in [2.05, 4.69) is 76.4 Å². The van der Waals surface area contributed by atoms with Crippen LogP contribution in [0.2, 0.25) is 0 Å². The highest BCUT2D eigenvalue weighted by atomic mass is 16.5. The van der Waals surface area contributed by atoms with Crippen LogP contribution >= 0.6 is 0 Å². The first-order valence-corrected chi connectivity index (χ1v) is 12.9. The summed E-state index contributed by atoms with van der Waals surface area (Å²) < 4.78 is 11.8. The third kappa shape index (κ3) is 10.9. The summed E-state index contributed by atoms with van der Waals surface area (Å²) in [6.45, 7) is 14.8. The molecule has 0 amide bonds. The molecule has 2 unspecified atom stereocenters. The van der Waals surface area contributed by atoms with Crippen LogP contribution in [0.3, 0.4) is 0 Å². The van der Waals surface area contributed by atoms with Gasteiger partial charge in [-0.1, -0.05) is 41.5 Å². The average molecular weight is 455 g/mol. The molecular formula is C29H46N2O2. The van der Waals surface area contributed by atoms with Crippen molar-refractivity contribution < 1.29 is 9.47 Å². The lowest BCUT2D eigenvalue weighted by Crippen LogP contribution is -2.20. The van der Waals surface area contributed by atoms with Gasteiger partial charge in [0.1, 0.15) is 11.5 Å². The van der Waals surface area contributed by atoms with Crippen LogP contribution in [0.4, 0.5) is 11.4 Å². The van der Waals surface area contributed by atoms with Gasteiger partial charge in [-0.15, -0.1) is 0 Å². The maximum absolute atomic E-state index is 5.88. The Morgan fingerprint density at radius 2 is 0.970 bits per heavy atom. The van der Waals surface area contributed by atoms with Crippen LogP contribution in [0.25, 0.3) is 0 Å². The zero-order valence-electron chi connectivity index (χ0n) is 21.7. The number of benzene rings is 2. The molecule has 0 saturated heterocycles. The molecule has 0 radical (unpaired) electrons. The topological polar surface area (TPSA) is 42.5 Å². The number of hydrogen-bond donors (Lipinski definition) is 2. The molecule has 0 bridgehead atoms. The zero-order valence-corrected chi connectivity index (χ0v) is 21.7. The van der Waals surface area contributed by atoms with Crippen molar-refractivity contribution >= 4 is 11.4 Å². The highest BCUT2D eigenvalue weighted by Crippen LogP contribution is 2.21. The second-order valence-electron chi connectivity index (χ2n) is 9.86. The van der Waals surface area contributed by atoms with E-state index in [1.807, 2.05) is 24.3 Å². The summed E-state index contributed by atoms with van der Waals surface area (Å²) in [5.41, 5.74) is 2.32. The molecule has 0 aromatic heterocycles. The van der Waals surface area contributed by atoms with Gasteiger partial charge in [-0.2, -0.15) is 0 Å². The lowest BCUT2D eigenvalue weighted by molar-refractivity contribution is 0.247. The number of rotatable bonds is 16. The Hall–Kier alpha value is -2.36. The lowest BCUT2D eigenvalue weighted by Gasteiger charge is -2.20. The molecule has 184 valence electrons. The predicted octanol–water partition coefficient (Wildman–Crippen LogP) is 8.01. The van der Waals surface area contributed by atoms with Crippen LogP contribution in [-0.4, -0.2) is 25.3 Å². The summed E-state index contributed by atoms with van der Waals surface area (Å²) in [5.74, 6) is 3.20. The van der Waals surface area contributed by atoms with E-state index in [0.717, 1.165) is 42.1 Å². The van der Waals surface area contributed by atoms with Crippen LogP contribution in [0.5, 0.6) is 11.5 Å². The predicted molar refractivity (Wildman–Crippen MR) is 143 cm³/mol. The van der Waals surface area contributed by atoms with E-state index < -0.39 is 0 Å². The van der Waals surface area contributed by atoms with Crippen molar-refractivity contribution in [1.29, 1.82) is 0 Å². The zero-order chi connectivity index (χ0) is 24.1. The molecular weight excluding hydrogens is 408 g/mol. The summed E-state index contributed by atoms with van der Waals surface area (Å²) in [4.78, 5) is 0. The van der Waals surface area contributed by atoms with E-state index >= 15 is 0 Å². The van der Waals surface area contributed by atoms with Gasteiger partial charge in [-0.25, -0.2) is 0 Å². The highest BCUT2D eigenvalue weighted by Gasteiger charge is 2.09. The molecule has 0 aliphatic carbocycles. The highest BCUT2D eigenvalue weighted by molar-refractivity contribution is 5.47. The van der Waals surface area contributed by atoms with Crippen LogP contribution in [0.15, 0.2) is 48.5 Å². The number of anilines is 2. The van der Waals surface area contributed by atoms with Gasteiger partial charge in [0.25, 0.3) is 0 Å². The number of ether oxygens (including phenoxy) is 2. The molecule has 33 heavy (non-hydrogen) atoms. The van der Waals surface area contributed by atoms with Gasteiger partial charge >= 0.3 is 0 Å². The monoisotopic (exact) mass is 454 g/mol. The first-order chi connectivity index (χ1) is 15.9. The van der Waals surface area contributed by atoms with Crippen LogP contribution < -0.4 is 20.1 Å². The second kappa shape index (κ2) is 14.7. The van der Waals surface area contributed by atoms with Crippen molar-refractivity contribution in [1.82, 2.24) is 0 Å². The van der Waals surface area contributed by atoms with Gasteiger partial charge in [-0.05, 0) is 86.1 Å². The maximum atomic E-state index is 5.88. The fraction of sp³-hybridized carbons (Fsp3) is 0.586. The minimum Gasteiger partial charge on any atom is -0.493 e. The quantitative estimate of drug-likeness (QED) is 0.252. The summed E-state index contributed by atoms with van der Waals surface area (Å²) in [5, 5.41) is 7.25. The van der Waals surface area contributed by atoms with Crippen LogP contribution in [0, 0.1) is 11.8 Å². The molecule has 2 aromatic rings. The molecule has 0 fully saturated rings. The molecule has 0 spiro atoms. The Morgan fingerprint density at radius 1 is 0.606 bits per heavy atom. The molecule has 2 N–H and O–H groups in total. The standard InChI is InChI=1S/C29H46N2O2/c1-7-24(20-22(3)4)30-26-10-14-28(15-11-26)32-18-9-19-33-29-16-12-27(13-17-29)31-25(8-2)21-23(5)6/h10-17,22-25,30-31H,7-9,18-21H2,1-6H3. The first kappa shape index (κ1) is 26.9. The van der Waals surface area contributed by atoms with Crippen molar-refractivity contribution in [3.63, 3.8) is 0 Å². The third-order valence-corrected chi connectivity index (χ3v) is 5.77. The van der Waals surface area contributed by atoms with Gasteiger partial charge in [0.05, 0.1) is 13.2 Å². The van der Waals surface area contributed by atoms with E-state index in [1.54, 1.807) is 0 Å². The van der Waals surface area contributed by atoms with Crippen molar-refractivity contribution in [2.24, 2.45) is 11.8 Å². The molecule has 0 heterocycles. The summed E-state index contributed by atoms with van der Waals surface area (Å²) in [6.07, 6.45) is 5.48. The fourth-order valence-electron chi connectivity index (χ4n) is 4.00. The normalized spacial score (nSPS) is 13.1. The van der Waals surface area contributed by atoms with Crippen molar-refractivity contribution in [3.8, 4) is 11.5 Å². The Bertz CT molecular complexity index is 691. The Balaban J connectivity index is 1.67. The minimum atomic E-state index is 0.520. The largest absolute Gasteiger partial charge is 0.493 e. The van der Waals surface area contributed by atoms with Crippen molar-refractivity contribution in [2.45, 2.75) is 85.7 Å². The van der Waals surface area contributed by atoms with Crippen molar-refractivity contribution in [2.75, 3.05) is 23.8 Å². The first-order valence-electron chi connectivity index (χ1n) is 12.9. The van der Waals surface area contributed by atoms with E-state index in [4.69, 9.17) is 9.47 Å². The Labute approximate surface area is 202 Å². The molecule has 4 nitrogen and oxygen atoms in total. The van der Waals surface area contributed by atoms with E-state index in [-0.39, 0.29) is 0 Å². The SMILES string of the molecule is CCC(CC(C)C)Nc1ccc(OCCCOc2ccc(NC(CC)CC(C)C)cc2)cc1. The summed E-state index contributed by atoms with van der Waals surface area (Å²) in [7, 11) is 0. The molecule has 0 aliphatic rings. The number of hydrogen-bond acceptors (Lipinski definition) is 4. The smallest absolute Gasteiger partial charge is 0.119 e. The molecule has 4 heteroatoms. The maximum Gasteiger partial charge on any atom is 0.119 e. The lowest BCUT2D eigenvalue weighted by atomic mass is 10.0. The Morgan fingerprint density at radius 3 is 1.27 bits per heavy atom. The summed E-state index contributed by atoms with van der Waals surface area (Å²) in [6, 6.07) is 17.6. The van der Waals surface area contributed by atoms with Gasteiger partial charge in [-0.3, -0.25) is 0 Å². The van der Waals surface area contributed by atoms with Gasteiger partial charge in [0, 0.05) is 29.9 Å². The molecule has 2 rings (SSSR count). The van der Waals surface area contributed by atoms with Gasteiger partial charge in [0.2, 0.25) is 0 Å². The van der Waals surface area contributed by atoms with Gasteiger partial charge < -0.3 is 20.1 Å². The average Bonchev–Trinajstić information content (AvgIpc) is 2.79. The molecule has 2 aromatic carbocycles. The molecule has 0 aliphatic heterocycles. The second-order valence-corrected chi connectivity index (χ2v) is 9.86. The third-order valence-electron chi connectivity index (χ3n) is 5.77. The van der Waals surface area contributed by atoms with Crippen LogP contribution in [0.1, 0.15) is 73.6 Å². The molecule has 0 saturated carbocycles. The van der Waals surface area contributed by atoms with E-state index in [9.17, 15) is 0 Å². The number of nitrogens with one attached hydrogen (secondary N) is 2. The Kier molecular flexibility index (Phi) is 12.0. The molecule has 2 atom stereocenters. The van der Waals surface area contributed by atoms with Crippen molar-refractivity contribution in [3.05, 3.63) is 48.5 Å².